The second-order valence-electron chi connectivity index (χ2n) is 6.34. The molecular weight excluding hydrogens is 412 g/mol. The summed E-state index contributed by atoms with van der Waals surface area (Å²) < 4.78 is 33.9. The smallest absolute Gasteiger partial charge is 0.210 e. The van der Waals surface area contributed by atoms with Gasteiger partial charge in [-0.25, -0.2) is 13.1 Å². The number of aromatic nitrogens is 2. The summed E-state index contributed by atoms with van der Waals surface area (Å²) in [5, 5.41) is 10.6. The largest absolute Gasteiger partial charge is 0.490 e. The molecule has 1 heterocycles. The van der Waals surface area contributed by atoms with Crippen LogP contribution in [0.25, 0.3) is 5.69 Å². The highest BCUT2D eigenvalue weighted by atomic mass is 35.5. The third-order valence-electron chi connectivity index (χ3n) is 4.69. The van der Waals surface area contributed by atoms with Crippen LogP contribution in [-0.2, 0) is 9.84 Å². The molecule has 2 aromatic carbocycles. The molecule has 154 valence electrons. The lowest BCUT2D eigenvalue weighted by atomic mass is 10.3. The van der Waals surface area contributed by atoms with Crippen molar-refractivity contribution in [2.75, 3.05) is 20.7 Å². The molecule has 0 saturated heterocycles. The number of hydrogen-bond donors (Lipinski definition) is 2. The number of sulfone groups is 1. The molecule has 0 aliphatic carbocycles. The van der Waals surface area contributed by atoms with E-state index in [4.69, 9.17) is 16.3 Å². The lowest BCUT2D eigenvalue weighted by molar-refractivity contribution is 0.257. The number of para-hydroxylation sites is 1. The molecule has 3 rings (SSSR count). The molecule has 0 atom stereocenters. The SMILES string of the molecule is CNC(CCOc1cnn(-c2ccccc2)c1)(NC)S(=O)(=O)c1ccc(Cl)cc1. The van der Waals surface area contributed by atoms with E-state index >= 15 is 0 Å². The van der Waals surface area contributed by atoms with Crippen LogP contribution in [0.3, 0.4) is 0 Å². The summed E-state index contributed by atoms with van der Waals surface area (Å²) in [6.07, 6.45) is 3.52. The number of rotatable bonds is 9. The van der Waals surface area contributed by atoms with Gasteiger partial charge in [-0.3, -0.25) is 10.6 Å². The Bertz CT molecular complexity index is 1030. The monoisotopic (exact) mass is 434 g/mol. The molecule has 1 aromatic heterocycles. The van der Waals surface area contributed by atoms with Crippen LogP contribution in [0, 0.1) is 0 Å². The van der Waals surface area contributed by atoms with Gasteiger partial charge in [0.1, 0.15) is 0 Å². The first-order valence-corrected chi connectivity index (χ1v) is 10.9. The van der Waals surface area contributed by atoms with E-state index < -0.39 is 14.8 Å². The zero-order chi connectivity index (χ0) is 20.9. The molecular formula is C20H23ClN4O3S. The predicted octanol–water partition coefficient (Wildman–Crippen LogP) is 2.86. The Balaban J connectivity index is 1.73. The van der Waals surface area contributed by atoms with Crippen molar-refractivity contribution in [3.05, 3.63) is 72.0 Å². The van der Waals surface area contributed by atoms with Crippen LogP contribution < -0.4 is 15.4 Å². The Morgan fingerprint density at radius 2 is 1.72 bits per heavy atom. The molecule has 0 unspecified atom stereocenters. The Kier molecular flexibility index (Phi) is 6.59. The van der Waals surface area contributed by atoms with Crippen molar-refractivity contribution in [1.82, 2.24) is 20.4 Å². The Morgan fingerprint density at radius 1 is 1.07 bits per heavy atom. The predicted molar refractivity (Wildman–Crippen MR) is 113 cm³/mol. The molecule has 0 fully saturated rings. The maximum atomic E-state index is 13.2. The van der Waals surface area contributed by atoms with Crippen LogP contribution in [0.4, 0.5) is 0 Å². The summed E-state index contributed by atoms with van der Waals surface area (Å²) in [7, 11) is -0.564. The van der Waals surface area contributed by atoms with Crippen molar-refractivity contribution in [2.24, 2.45) is 0 Å². The van der Waals surface area contributed by atoms with Crippen molar-refractivity contribution < 1.29 is 13.2 Å². The van der Waals surface area contributed by atoms with Crippen molar-refractivity contribution in [3.8, 4) is 11.4 Å². The van der Waals surface area contributed by atoms with Gasteiger partial charge in [0.05, 0.1) is 29.6 Å². The third-order valence-corrected chi connectivity index (χ3v) is 7.37. The van der Waals surface area contributed by atoms with Gasteiger partial charge in [0.15, 0.2) is 10.7 Å². The Morgan fingerprint density at radius 3 is 2.34 bits per heavy atom. The fourth-order valence-electron chi connectivity index (χ4n) is 3.01. The summed E-state index contributed by atoms with van der Waals surface area (Å²) >= 11 is 5.89. The second-order valence-corrected chi connectivity index (χ2v) is 8.95. The standard InChI is InChI=1S/C20H23ClN4O3S/c1-22-20(23-2,29(26,27)19-10-8-16(21)9-11-19)12-13-28-18-14-24-25(15-18)17-6-4-3-5-7-17/h3-11,14-15,22-23H,12-13H2,1-2H3. The number of ether oxygens (including phenoxy) is 1. The van der Waals surface area contributed by atoms with E-state index in [1.165, 1.54) is 12.1 Å². The van der Waals surface area contributed by atoms with Crippen LogP contribution >= 0.6 is 11.6 Å². The van der Waals surface area contributed by atoms with Gasteiger partial charge >= 0.3 is 0 Å². The van der Waals surface area contributed by atoms with E-state index in [1.807, 2.05) is 30.3 Å². The highest BCUT2D eigenvalue weighted by Crippen LogP contribution is 2.26. The summed E-state index contributed by atoms with van der Waals surface area (Å²) in [5.74, 6) is 0.554. The minimum atomic E-state index is -3.75. The molecule has 0 aliphatic heterocycles. The zero-order valence-corrected chi connectivity index (χ0v) is 17.7. The number of benzene rings is 2. The molecule has 0 aliphatic rings. The molecule has 0 radical (unpaired) electrons. The van der Waals surface area contributed by atoms with Crippen molar-refractivity contribution in [3.63, 3.8) is 0 Å². The average molecular weight is 435 g/mol. The van der Waals surface area contributed by atoms with Crippen molar-refractivity contribution in [1.29, 1.82) is 0 Å². The van der Waals surface area contributed by atoms with E-state index in [2.05, 4.69) is 15.7 Å². The third kappa shape index (κ3) is 4.45. The number of nitrogens with zero attached hydrogens (tertiary/aromatic N) is 2. The minimum Gasteiger partial charge on any atom is -0.490 e. The van der Waals surface area contributed by atoms with Gasteiger partial charge in [-0.15, -0.1) is 0 Å². The maximum Gasteiger partial charge on any atom is 0.210 e. The highest BCUT2D eigenvalue weighted by molar-refractivity contribution is 7.92. The van der Waals surface area contributed by atoms with Gasteiger partial charge in [0.25, 0.3) is 0 Å². The Hall–Kier alpha value is -2.39. The van der Waals surface area contributed by atoms with E-state index in [-0.39, 0.29) is 17.9 Å². The normalized spacial score (nSPS) is 12.1. The van der Waals surface area contributed by atoms with Crippen LogP contribution in [0.15, 0.2) is 71.9 Å². The minimum absolute atomic E-state index is 0.162. The molecule has 0 saturated carbocycles. The molecule has 29 heavy (non-hydrogen) atoms. The first-order valence-electron chi connectivity index (χ1n) is 9.03. The lowest BCUT2D eigenvalue weighted by Crippen LogP contribution is -2.60. The number of nitrogens with one attached hydrogen (secondary N) is 2. The van der Waals surface area contributed by atoms with Crippen LogP contribution in [0.5, 0.6) is 5.75 Å². The van der Waals surface area contributed by atoms with E-state index in [0.29, 0.717) is 10.8 Å². The van der Waals surface area contributed by atoms with Crippen LogP contribution in [-0.4, -0.2) is 43.9 Å². The molecule has 2 N–H and O–H groups in total. The van der Waals surface area contributed by atoms with Crippen LogP contribution in [0.1, 0.15) is 6.42 Å². The summed E-state index contributed by atoms with van der Waals surface area (Å²) in [6.45, 7) is 0.162. The quantitative estimate of drug-likeness (QED) is 0.504. The van der Waals surface area contributed by atoms with Crippen molar-refractivity contribution >= 4 is 21.4 Å². The number of hydrogen-bond acceptors (Lipinski definition) is 6. The molecule has 0 bridgehead atoms. The highest BCUT2D eigenvalue weighted by Gasteiger charge is 2.42. The Labute approximate surface area is 175 Å². The molecule has 0 spiro atoms. The van der Waals surface area contributed by atoms with Gasteiger partial charge in [-0.1, -0.05) is 29.8 Å². The first-order chi connectivity index (χ1) is 13.9. The summed E-state index contributed by atoms with van der Waals surface area (Å²) in [4.78, 5) is -1.22. The maximum absolute atomic E-state index is 13.2. The van der Waals surface area contributed by atoms with Crippen LogP contribution in [0.2, 0.25) is 5.02 Å². The fourth-order valence-corrected chi connectivity index (χ4v) is 4.92. The van der Waals surface area contributed by atoms with E-state index in [0.717, 1.165) is 5.69 Å². The lowest BCUT2D eigenvalue weighted by Gasteiger charge is -2.32. The van der Waals surface area contributed by atoms with Gasteiger partial charge in [-0.2, -0.15) is 5.10 Å². The molecule has 9 heteroatoms. The topological polar surface area (TPSA) is 85.2 Å². The van der Waals surface area contributed by atoms with Gasteiger partial charge in [0.2, 0.25) is 9.84 Å². The fraction of sp³-hybridized carbons (Fsp3) is 0.250. The molecule has 0 amide bonds. The second kappa shape index (κ2) is 8.96. The summed E-state index contributed by atoms with van der Waals surface area (Å²) in [6, 6.07) is 15.7. The van der Waals surface area contributed by atoms with Gasteiger partial charge in [-0.05, 0) is 50.5 Å². The van der Waals surface area contributed by atoms with E-state index in [9.17, 15) is 8.42 Å². The summed E-state index contributed by atoms with van der Waals surface area (Å²) in [5.41, 5.74) is 0.910. The van der Waals surface area contributed by atoms with Gasteiger partial charge in [0, 0.05) is 11.4 Å². The number of halogens is 1. The molecule has 7 nitrogen and oxygen atoms in total. The first kappa shape index (κ1) is 21.3. The molecule has 3 aromatic rings. The zero-order valence-electron chi connectivity index (χ0n) is 16.2. The van der Waals surface area contributed by atoms with E-state index in [1.54, 1.807) is 43.3 Å². The van der Waals surface area contributed by atoms with Gasteiger partial charge < -0.3 is 4.74 Å². The average Bonchev–Trinajstić information content (AvgIpc) is 3.21. The van der Waals surface area contributed by atoms with Crippen molar-refractivity contribution in [2.45, 2.75) is 16.3 Å².